The number of aromatic nitrogens is 3. The van der Waals surface area contributed by atoms with Crippen molar-refractivity contribution < 1.29 is 13.2 Å². The SMILES string of the molecule is CS(=O)(=O)Nc1ccccc1NC(=O)c1ccc(CSc2ncn[nH]2)cc1. The Balaban J connectivity index is 1.66. The normalized spacial score (nSPS) is 11.1. The average Bonchev–Trinajstić information content (AvgIpc) is 3.14. The number of hydrogen-bond acceptors (Lipinski definition) is 6. The lowest BCUT2D eigenvalue weighted by Gasteiger charge is -2.12. The molecule has 8 nitrogen and oxygen atoms in total. The van der Waals surface area contributed by atoms with E-state index in [0.29, 0.717) is 22.7 Å². The molecule has 1 amide bonds. The molecule has 0 bridgehead atoms. The van der Waals surface area contributed by atoms with E-state index in [1.165, 1.54) is 18.1 Å². The lowest BCUT2D eigenvalue weighted by atomic mass is 10.1. The van der Waals surface area contributed by atoms with Crippen molar-refractivity contribution in [3.63, 3.8) is 0 Å². The Bertz CT molecular complexity index is 1020. The first-order valence-corrected chi connectivity index (χ1v) is 10.7. The van der Waals surface area contributed by atoms with Crippen LogP contribution < -0.4 is 10.0 Å². The van der Waals surface area contributed by atoms with Gasteiger partial charge in [-0.3, -0.25) is 14.6 Å². The highest BCUT2D eigenvalue weighted by atomic mass is 32.2. The Hall–Kier alpha value is -2.85. The zero-order valence-corrected chi connectivity index (χ0v) is 16.0. The molecule has 3 rings (SSSR count). The summed E-state index contributed by atoms with van der Waals surface area (Å²) < 4.78 is 25.3. The van der Waals surface area contributed by atoms with Crippen LogP contribution in [-0.4, -0.2) is 35.8 Å². The molecule has 0 aliphatic heterocycles. The molecule has 0 unspecified atom stereocenters. The van der Waals surface area contributed by atoms with Gasteiger partial charge in [0.25, 0.3) is 5.91 Å². The highest BCUT2D eigenvalue weighted by Gasteiger charge is 2.11. The van der Waals surface area contributed by atoms with Gasteiger partial charge in [0.15, 0.2) is 5.16 Å². The number of nitrogens with one attached hydrogen (secondary N) is 3. The summed E-state index contributed by atoms with van der Waals surface area (Å²) in [5.41, 5.74) is 2.20. The molecule has 0 aliphatic carbocycles. The zero-order valence-electron chi connectivity index (χ0n) is 14.3. The number of anilines is 2. The van der Waals surface area contributed by atoms with Crippen LogP contribution in [-0.2, 0) is 15.8 Å². The van der Waals surface area contributed by atoms with Gasteiger partial charge in [0, 0.05) is 11.3 Å². The van der Waals surface area contributed by atoms with Crippen LogP contribution in [0, 0.1) is 0 Å². The largest absolute Gasteiger partial charge is 0.320 e. The second-order valence-corrected chi connectivity index (χ2v) is 8.36. The summed E-state index contributed by atoms with van der Waals surface area (Å²) in [7, 11) is -3.45. The molecule has 2 aromatic carbocycles. The van der Waals surface area contributed by atoms with Gasteiger partial charge in [0.2, 0.25) is 10.0 Å². The third-order valence-corrected chi connectivity index (χ3v) is 4.99. The summed E-state index contributed by atoms with van der Waals surface area (Å²) in [6.07, 6.45) is 2.51. The van der Waals surface area contributed by atoms with Crippen molar-refractivity contribution in [2.24, 2.45) is 0 Å². The molecule has 3 aromatic rings. The van der Waals surface area contributed by atoms with Crippen molar-refractivity contribution in [2.75, 3.05) is 16.3 Å². The first-order chi connectivity index (χ1) is 12.9. The van der Waals surface area contributed by atoms with E-state index in [1.54, 1.807) is 36.4 Å². The van der Waals surface area contributed by atoms with E-state index in [1.807, 2.05) is 12.1 Å². The average molecular weight is 403 g/mol. The highest BCUT2D eigenvalue weighted by molar-refractivity contribution is 7.98. The van der Waals surface area contributed by atoms with E-state index in [-0.39, 0.29) is 5.91 Å². The minimum atomic E-state index is -3.45. The summed E-state index contributed by atoms with van der Waals surface area (Å²) in [6, 6.07) is 13.8. The number of nitrogens with zero attached hydrogens (tertiary/aromatic N) is 2. The van der Waals surface area contributed by atoms with Gasteiger partial charge < -0.3 is 5.32 Å². The van der Waals surface area contributed by atoms with Crippen LogP contribution in [0.4, 0.5) is 11.4 Å². The fraction of sp³-hybridized carbons (Fsp3) is 0.118. The Morgan fingerprint density at radius 3 is 2.44 bits per heavy atom. The summed E-state index contributed by atoms with van der Waals surface area (Å²) >= 11 is 1.51. The molecule has 10 heteroatoms. The van der Waals surface area contributed by atoms with Gasteiger partial charge in [0.1, 0.15) is 6.33 Å². The molecule has 3 N–H and O–H groups in total. The number of sulfonamides is 1. The van der Waals surface area contributed by atoms with Gasteiger partial charge in [-0.1, -0.05) is 36.0 Å². The van der Waals surface area contributed by atoms with E-state index in [0.717, 1.165) is 17.0 Å². The lowest BCUT2D eigenvalue weighted by molar-refractivity contribution is 0.102. The van der Waals surface area contributed by atoms with Crippen molar-refractivity contribution in [2.45, 2.75) is 10.9 Å². The maximum absolute atomic E-state index is 12.5. The fourth-order valence-electron chi connectivity index (χ4n) is 2.24. The molecule has 1 aromatic heterocycles. The second-order valence-electron chi connectivity index (χ2n) is 5.65. The summed E-state index contributed by atoms with van der Waals surface area (Å²) in [5.74, 6) is 0.366. The van der Waals surface area contributed by atoms with Crippen molar-refractivity contribution in [1.29, 1.82) is 0 Å². The van der Waals surface area contributed by atoms with E-state index < -0.39 is 10.0 Å². The van der Waals surface area contributed by atoms with E-state index >= 15 is 0 Å². The van der Waals surface area contributed by atoms with Crippen LogP contribution >= 0.6 is 11.8 Å². The smallest absolute Gasteiger partial charge is 0.255 e. The van der Waals surface area contributed by atoms with E-state index in [4.69, 9.17) is 0 Å². The number of hydrogen-bond donors (Lipinski definition) is 3. The number of amides is 1. The highest BCUT2D eigenvalue weighted by Crippen LogP contribution is 2.23. The quantitative estimate of drug-likeness (QED) is 0.522. The number of carbonyl (C=O) groups excluding carboxylic acids is 1. The summed E-state index contributed by atoms with van der Waals surface area (Å²) in [6.45, 7) is 0. The minimum Gasteiger partial charge on any atom is -0.320 e. The molecule has 0 saturated carbocycles. The van der Waals surface area contributed by atoms with Gasteiger partial charge in [-0.2, -0.15) is 5.10 Å². The molecule has 0 spiro atoms. The Labute approximate surface area is 160 Å². The van der Waals surface area contributed by atoms with Gasteiger partial charge in [-0.15, -0.1) is 0 Å². The molecule has 0 aliphatic rings. The number of benzene rings is 2. The molecule has 0 fully saturated rings. The number of rotatable bonds is 7. The molecule has 27 heavy (non-hydrogen) atoms. The van der Waals surface area contributed by atoms with Crippen molar-refractivity contribution in [3.8, 4) is 0 Å². The monoisotopic (exact) mass is 403 g/mol. The number of H-pyrrole nitrogens is 1. The fourth-order valence-corrected chi connectivity index (χ4v) is 3.56. The standard InChI is InChI=1S/C17H17N5O3S2/c1-27(24,25)22-15-5-3-2-4-14(15)20-16(23)13-8-6-12(7-9-13)10-26-17-18-11-19-21-17/h2-9,11,22H,10H2,1H3,(H,20,23)(H,18,19,21). The van der Waals surface area contributed by atoms with E-state index in [9.17, 15) is 13.2 Å². The van der Waals surface area contributed by atoms with Crippen LogP contribution in [0.5, 0.6) is 0 Å². The second kappa shape index (κ2) is 8.23. The maximum Gasteiger partial charge on any atom is 0.255 e. The molecule has 0 saturated heterocycles. The van der Waals surface area contributed by atoms with Crippen LogP contribution in [0.3, 0.4) is 0 Å². The maximum atomic E-state index is 12.5. The Morgan fingerprint density at radius 2 is 1.81 bits per heavy atom. The third kappa shape index (κ3) is 5.56. The van der Waals surface area contributed by atoms with Crippen LogP contribution in [0.15, 0.2) is 60.0 Å². The minimum absolute atomic E-state index is 0.313. The van der Waals surface area contributed by atoms with Crippen LogP contribution in [0.2, 0.25) is 0 Å². The van der Waals surface area contributed by atoms with Crippen LogP contribution in [0.25, 0.3) is 0 Å². The topological polar surface area (TPSA) is 117 Å². The summed E-state index contributed by atoms with van der Waals surface area (Å²) in [5, 5.41) is 10.0. The Morgan fingerprint density at radius 1 is 1.11 bits per heavy atom. The number of thioether (sulfide) groups is 1. The predicted octanol–water partition coefficient (Wildman–Crippen LogP) is 2.72. The number of para-hydroxylation sites is 2. The molecule has 140 valence electrons. The van der Waals surface area contributed by atoms with Gasteiger partial charge >= 0.3 is 0 Å². The molecular weight excluding hydrogens is 386 g/mol. The Kier molecular flexibility index (Phi) is 5.77. The molecule has 0 radical (unpaired) electrons. The first-order valence-electron chi connectivity index (χ1n) is 7.86. The molecule has 1 heterocycles. The van der Waals surface area contributed by atoms with Crippen molar-refractivity contribution in [1.82, 2.24) is 15.2 Å². The summed E-state index contributed by atoms with van der Waals surface area (Å²) in [4.78, 5) is 16.5. The first kappa shape index (κ1) is 18.9. The van der Waals surface area contributed by atoms with Gasteiger partial charge in [-0.25, -0.2) is 13.4 Å². The predicted molar refractivity (Wildman–Crippen MR) is 105 cm³/mol. The lowest BCUT2D eigenvalue weighted by Crippen LogP contribution is -2.16. The van der Waals surface area contributed by atoms with Gasteiger partial charge in [0.05, 0.1) is 17.6 Å². The van der Waals surface area contributed by atoms with Crippen molar-refractivity contribution in [3.05, 3.63) is 66.0 Å². The zero-order chi connectivity index (χ0) is 19.3. The van der Waals surface area contributed by atoms with E-state index in [2.05, 4.69) is 25.2 Å². The third-order valence-electron chi connectivity index (χ3n) is 3.46. The number of carbonyl (C=O) groups is 1. The molecular formula is C17H17N5O3S2. The van der Waals surface area contributed by atoms with Crippen molar-refractivity contribution >= 4 is 39.1 Å². The number of aromatic amines is 1. The van der Waals surface area contributed by atoms with Gasteiger partial charge in [-0.05, 0) is 29.8 Å². The van der Waals surface area contributed by atoms with Crippen LogP contribution in [0.1, 0.15) is 15.9 Å². The molecule has 0 atom stereocenters.